The minimum absolute atomic E-state index is 0.176. The van der Waals surface area contributed by atoms with E-state index in [2.05, 4.69) is 45.9 Å². The first-order valence-electron chi connectivity index (χ1n) is 21.9. The summed E-state index contributed by atoms with van der Waals surface area (Å²) in [7, 11) is 2.56. The molecular formula is C48H52N8O8. The second-order valence-electron chi connectivity index (χ2n) is 16.9. The molecule has 5 atom stereocenters. The van der Waals surface area contributed by atoms with Crippen molar-refractivity contribution in [2.45, 2.75) is 76.9 Å². The van der Waals surface area contributed by atoms with Crippen molar-refractivity contribution < 1.29 is 38.1 Å². The van der Waals surface area contributed by atoms with Crippen molar-refractivity contribution in [1.82, 2.24) is 30.4 Å². The number of aliphatic imine (C=N–C) groups is 2. The Morgan fingerprint density at radius 3 is 2.47 bits per heavy atom. The number of ether oxygens (including phenoxy) is 4. The van der Waals surface area contributed by atoms with Crippen LogP contribution in [0.25, 0.3) is 32.9 Å². The zero-order chi connectivity index (χ0) is 44.6. The van der Waals surface area contributed by atoms with Gasteiger partial charge in [-0.15, -0.1) is 0 Å². The number of imidazole rings is 1. The van der Waals surface area contributed by atoms with Crippen LogP contribution in [-0.4, -0.2) is 114 Å². The zero-order valence-corrected chi connectivity index (χ0v) is 36.6. The van der Waals surface area contributed by atoms with Gasteiger partial charge in [0.2, 0.25) is 5.91 Å². The molecule has 4 aromatic carbocycles. The first-order chi connectivity index (χ1) is 31.0. The van der Waals surface area contributed by atoms with Gasteiger partial charge in [-0.1, -0.05) is 62.4 Å². The number of benzene rings is 4. The zero-order valence-electron chi connectivity index (χ0n) is 36.6. The molecule has 9 rings (SSSR count). The summed E-state index contributed by atoms with van der Waals surface area (Å²) in [6.45, 7) is 7.88. The molecule has 1 aromatic heterocycles. The Morgan fingerprint density at radius 2 is 1.70 bits per heavy atom. The van der Waals surface area contributed by atoms with E-state index in [4.69, 9.17) is 33.9 Å². The van der Waals surface area contributed by atoms with Crippen molar-refractivity contribution in [3.63, 3.8) is 0 Å². The van der Waals surface area contributed by atoms with E-state index in [0.29, 0.717) is 56.5 Å². The summed E-state index contributed by atoms with van der Waals surface area (Å²) >= 11 is 0. The first kappa shape index (κ1) is 42.5. The first-order valence-corrected chi connectivity index (χ1v) is 21.9. The average molecular weight is 869 g/mol. The molecule has 0 unspecified atom stereocenters. The largest absolute Gasteiger partial charge is 0.488 e. The number of carbonyl (C=O) groups is 4. The quantitative estimate of drug-likeness (QED) is 0.131. The van der Waals surface area contributed by atoms with E-state index in [-0.39, 0.29) is 29.9 Å². The van der Waals surface area contributed by atoms with Gasteiger partial charge in [0.1, 0.15) is 36.1 Å². The number of hydrogen-bond donors (Lipinski definition) is 3. The van der Waals surface area contributed by atoms with Crippen LogP contribution in [0.4, 0.5) is 9.59 Å². The minimum atomic E-state index is -0.904. The fourth-order valence-corrected chi connectivity index (χ4v) is 9.45. The molecule has 0 radical (unpaired) electrons. The summed E-state index contributed by atoms with van der Waals surface area (Å²) in [6.07, 6.45) is 0.548. The van der Waals surface area contributed by atoms with Gasteiger partial charge < -0.3 is 44.4 Å². The topological polar surface area (TPSA) is 189 Å². The van der Waals surface area contributed by atoms with Gasteiger partial charge in [-0.3, -0.25) is 14.6 Å². The van der Waals surface area contributed by atoms with Gasteiger partial charge in [0.15, 0.2) is 0 Å². The minimum Gasteiger partial charge on any atom is -0.488 e. The molecule has 2 saturated heterocycles. The molecule has 3 N–H and O–H groups in total. The molecule has 0 bridgehead atoms. The Bertz CT molecular complexity index is 2700. The number of amides is 4. The molecule has 16 heteroatoms. The van der Waals surface area contributed by atoms with Crippen LogP contribution in [0.5, 0.6) is 5.75 Å². The van der Waals surface area contributed by atoms with Gasteiger partial charge >= 0.3 is 12.2 Å². The maximum Gasteiger partial charge on any atom is 0.407 e. The Morgan fingerprint density at radius 1 is 0.906 bits per heavy atom. The number of fused-ring (bicyclic) bond motifs is 6. The molecule has 0 aliphatic carbocycles. The third-order valence-corrected chi connectivity index (χ3v) is 12.7. The molecule has 16 nitrogen and oxygen atoms in total. The highest BCUT2D eigenvalue weighted by Crippen LogP contribution is 2.43. The second-order valence-corrected chi connectivity index (χ2v) is 16.9. The number of likely N-dealkylation sites (tertiary alicyclic amines) is 2. The van der Waals surface area contributed by atoms with Crippen LogP contribution in [0.2, 0.25) is 0 Å². The van der Waals surface area contributed by atoms with Crippen molar-refractivity contribution in [1.29, 1.82) is 0 Å². The number of H-pyrrole nitrogens is 1. The molecule has 4 aliphatic rings. The van der Waals surface area contributed by atoms with Gasteiger partial charge in [0, 0.05) is 37.1 Å². The summed E-state index contributed by atoms with van der Waals surface area (Å²) < 4.78 is 22.1. The Kier molecular flexibility index (Phi) is 11.8. The SMILES string of the molecule is CCO[C@H]1C[C@@H](c2nc3c(ccc4cc5c(cc43)OCc3cc(C4=NC([C@@H]6CCCN6C(=O)[C@H](NC(=O)OC)c6ccccc6)=NC4)ccc3-5)[nH]2)N(C(=O)[C@@H](NC(=O)OC)C(C)C)C1. The smallest absolute Gasteiger partial charge is 0.407 e. The molecule has 2 fully saturated rings. The van der Waals surface area contributed by atoms with E-state index in [1.165, 1.54) is 14.2 Å². The van der Waals surface area contributed by atoms with Crippen molar-refractivity contribution in [2.75, 3.05) is 40.5 Å². The van der Waals surface area contributed by atoms with E-state index in [1.807, 2.05) is 63.2 Å². The van der Waals surface area contributed by atoms with E-state index in [1.54, 1.807) is 9.80 Å². The lowest BCUT2D eigenvalue weighted by molar-refractivity contribution is -0.136. The lowest BCUT2D eigenvalue weighted by atomic mass is 9.92. The van der Waals surface area contributed by atoms with Crippen LogP contribution in [0.1, 0.15) is 74.6 Å². The van der Waals surface area contributed by atoms with Crippen LogP contribution in [0.15, 0.2) is 82.8 Å². The highest BCUT2D eigenvalue weighted by atomic mass is 16.5. The Labute approximate surface area is 370 Å². The highest BCUT2D eigenvalue weighted by Gasteiger charge is 2.42. The fourth-order valence-electron chi connectivity index (χ4n) is 9.45. The van der Waals surface area contributed by atoms with Crippen LogP contribution < -0.4 is 15.4 Å². The molecule has 5 heterocycles. The van der Waals surface area contributed by atoms with Crippen molar-refractivity contribution in [3.8, 4) is 16.9 Å². The van der Waals surface area contributed by atoms with Gasteiger partial charge in [-0.05, 0) is 77.6 Å². The Balaban J connectivity index is 0.956. The molecular weight excluding hydrogens is 817 g/mol. The number of rotatable bonds is 11. The number of methoxy groups -OCH3 is 2. The predicted octanol–water partition coefficient (Wildman–Crippen LogP) is 6.62. The third kappa shape index (κ3) is 8.02. The van der Waals surface area contributed by atoms with Crippen LogP contribution >= 0.6 is 0 Å². The van der Waals surface area contributed by atoms with E-state index >= 15 is 0 Å². The molecule has 0 spiro atoms. The van der Waals surface area contributed by atoms with Crippen LogP contribution in [-0.2, 0) is 30.4 Å². The molecule has 5 aromatic rings. The van der Waals surface area contributed by atoms with Gasteiger partial charge in [0.05, 0.1) is 55.7 Å². The molecule has 0 saturated carbocycles. The molecule has 332 valence electrons. The molecule has 4 aliphatic heterocycles. The number of nitrogens with zero attached hydrogens (tertiary/aromatic N) is 5. The fraction of sp³-hybridized carbons (Fsp3) is 0.396. The van der Waals surface area contributed by atoms with Gasteiger partial charge in [0.25, 0.3) is 5.91 Å². The maximum atomic E-state index is 14.1. The number of aromatic nitrogens is 2. The van der Waals surface area contributed by atoms with Crippen LogP contribution in [0.3, 0.4) is 0 Å². The third-order valence-electron chi connectivity index (χ3n) is 12.7. The lowest BCUT2D eigenvalue weighted by Crippen LogP contribution is -2.51. The van der Waals surface area contributed by atoms with Crippen molar-refractivity contribution in [3.05, 3.63) is 95.3 Å². The standard InChI is InChI=1S/C48H52N8O8/c1-6-63-31-21-38(56(24-31)45(57)40(26(2)3)53-47(59)61-4)44-50-35-17-15-28-20-34-32-16-14-29(19-30(32)25-64-39(34)22-33(28)42(35)52-44)36-23-49-43(51-36)37-13-10-18-55(37)46(58)41(54-48(60)62-5)27-11-8-7-9-12-27/h7-9,11-12,14-17,19-20,22,26,31,37-38,40-41H,6,10,13,18,21,23-25H2,1-5H3,(H,50,52)(H,53,59)(H,54,60)/t31-,37-,38-,40-,41+/m0/s1. The van der Waals surface area contributed by atoms with Gasteiger partial charge in [-0.25, -0.2) is 19.6 Å². The monoisotopic (exact) mass is 868 g/mol. The van der Waals surface area contributed by atoms with Crippen molar-refractivity contribution in [2.24, 2.45) is 15.9 Å². The number of nitrogens with one attached hydrogen (secondary N) is 3. The van der Waals surface area contributed by atoms with Gasteiger partial charge in [-0.2, -0.15) is 0 Å². The highest BCUT2D eigenvalue weighted by molar-refractivity contribution is 6.15. The number of hydrogen-bond acceptors (Lipinski definition) is 11. The second kappa shape index (κ2) is 17.8. The average Bonchev–Trinajstić information content (AvgIpc) is 4.15. The summed E-state index contributed by atoms with van der Waals surface area (Å²) in [5.41, 5.74) is 7.09. The Hall–Kier alpha value is -6.81. The van der Waals surface area contributed by atoms with Crippen LogP contribution in [0, 0.1) is 5.92 Å². The molecule has 4 amide bonds. The summed E-state index contributed by atoms with van der Waals surface area (Å²) in [6, 6.07) is 21.3. The number of alkyl carbamates (subject to hydrolysis) is 2. The maximum absolute atomic E-state index is 14.1. The number of amidine groups is 1. The molecule has 64 heavy (non-hydrogen) atoms. The number of carbonyl (C=O) groups excluding carboxylic acids is 4. The predicted molar refractivity (Wildman–Crippen MR) is 240 cm³/mol. The van der Waals surface area contributed by atoms with E-state index < -0.39 is 30.3 Å². The van der Waals surface area contributed by atoms with Crippen molar-refractivity contribution >= 4 is 57.4 Å². The summed E-state index contributed by atoms with van der Waals surface area (Å²) in [5.74, 6) is 1.39. The number of aromatic amines is 1. The van der Waals surface area contributed by atoms with E-state index in [9.17, 15) is 19.2 Å². The summed E-state index contributed by atoms with van der Waals surface area (Å²) in [4.78, 5) is 74.6. The lowest BCUT2D eigenvalue weighted by Gasteiger charge is -2.29. The normalized spacial score (nSPS) is 20.0. The summed E-state index contributed by atoms with van der Waals surface area (Å²) in [5, 5.41) is 7.35. The van der Waals surface area contributed by atoms with E-state index in [0.717, 1.165) is 68.4 Å².